The summed E-state index contributed by atoms with van der Waals surface area (Å²) in [4.78, 5) is 29.3. The number of ether oxygens (including phenoxy) is 1. The van der Waals surface area contributed by atoms with Gasteiger partial charge in [-0.2, -0.15) is 4.72 Å². The average molecular weight is 520 g/mol. The van der Waals surface area contributed by atoms with Gasteiger partial charge < -0.3 is 15.0 Å². The molecule has 192 valence electrons. The third-order valence-corrected chi connectivity index (χ3v) is 7.62. The van der Waals surface area contributed by atoms with Crippen LogP contribution in [-0.2, 0) is 37.2 Å². The highest BCUT2D eigenvalue weighted by molar-refractivity contribution is 7.89. The zero-order chi connectivity index (χ0) is 26.4. The first-order valence-electron chi connectivity index (χ1n) is 11.8. The van der Waals surface area contributed by atoms with Crippen molar-refractivity contribution in [3.8, 4) is 0 Å². The van der Waals surface area contributed by atoms with Crippen molar-refractivity contribution >= 4 is 32.8 Å². The van der Waals surface area contributed by atoms with Crippen LogP contribution in [0.3, 0.4) is 0 Å². The van der Waals surface area contributed by atoms with Crippen molar-refractivity contribution in [1.29, 1.82) is 0 Å². The number of methoxy groups -OCH3 is 1. The summed E-state index contributed by atoms with van der Waals surface area (Å²) < 4.78 is 33.8. The van der Waals surface area contributed by atoms with E-state index in [1.54, 1.807) is 18.3 Å². The van der Waals surface area contributed by atoms with Gasteiger partial charge in [-0.05, 0) is 42.7 Å². The second-order valence-electron chi connectivity index (χ2n) is 8.82. The molecule has 0 aliphatic carbocycles. The number of benzene rings is 3. The first-order chi connectivity index (χ1) is 17.8. The molecule has 4 aromatic rings. The number of sulfonamides is 1. The summed E-state index contributed by atoms with van der Waals surface area (Å²) in [6.07, 6.45) is 2.05. The van der Waals surface area contributed by atoms with Crippen molar-refractivity contribution in [2.24, 2.45) is 0 Å². The Kier molecular flexibility index (Phi) is 8.05. The Morgan fingerprint density at radius 1 is 0.892 bits per heavy atom. The number of carbonyl (C=O) groups excluding carboxylic acids is 2. The van der Waals surface area contributed by atoms with Gasteiger partial charge in [0.25, 0.3) is 0 Å². The summed E-state index contributed by atoms with van der Waals surface area (Å²) in [5.74, 6) is -1.26. The Hall–Kier alpha value is -3.95. The standard InChI is InChI=1S/C28H29N3O5S/c1-19-12-14-22(15-13-19)37(34,35)31-25(16-20-8-4-3-5-9-20)27(32)30-26(28(33)36-2)17-21-18-29-24-11-7-6-10-23(21)24/h3-15,18,25-26,29,31H,16-17H2,1-2H3,(H,30,32). The SMILES string of the molecule is COC(=O)C(Cc1c[nH]c2ccccc12)NC(=O)C(Cc1ccccc1)NS(=O)(=O)c1ccc(C)cc1. The molecule has 4 rings (SSSR count). The Labute approximate surface area is 216 Å². The number of fused-ring (bicyclic) bond motifs is 1. The summed E-state index contributed by atoms with van der Waals surface area (Å²) in [6, 6.07) is 20.9. The van der Waals surface area contributed by atoms with E-state index in [1.165, 1.54) is 19.2 Å². The van der Waals surface area contributed by atoms with Crippen LogP contribution in [-0.4, -0.2) is 44.5 Å². The molecule has 0 radical (unpaired) electrons. The number of hydrogen-bond donors (Lipinski definition) is 3. The molecule has 37 heavy (non-hydrogen) atoms. The van der Waals surface area contributed by atoms with E-state index in [9.17, 15) is 18.0 Å². The van der Waals surface area contributed by atoms with E-state index in [4.69, 9.17) is 4.74 Å². The summed E-state index contributed by atoms with van der Waals surface area (Å²) >= 11 is 0. The highest BCUT2D eigenvalue weighted by atomic mass is 32.2. The van der Waals surface area contributed by atoms with Crippen LogP contribution in [0.15, 0.2) is 90.0 Å². The largest absolute Gasteiger partial charge is 0.467 e. The minimum Gasteiger partial charge on any atom is -0.467 e. The molecule has 1 heterocycles. The van der Waals surface area contributed by atoms with Crippen LogP contribution in [0.5, 0.6) is 0 Å². The molecular weight excluding hydrogens is 490 g/mol. The molecule has 2 atom stereocenters. The molecule has 0 aliphatic rings. The zero-order valence-corrected chi connectivity index (χ0v) is 21.4. The fourth-order valence-corrected chi connectivity index (χ4v) is 5.33. The smallest absolute Gasteiger partial charge is 0.328 e. The maximum absolute atomic E-state index is 13.5. The number of amides is 1. The van der Waals surface area contributed by atoms with Gasteiger partial charge in [-0.25, -0.2) is 13.2 Å². The van der Waals surface area contributed by atoms with Crippen molar-refractivity contribution in [3.63, 3.8) is 0 Å². The molecule has 9 heteroatoms. The Morgan fingerprint density at radius 2 is 1.57 bits per heavy atom. The monoisotopic (exact) mass is 519 g/mol. The lowest BCUT2D eigenvalue weighted by Gasteiger charge is -2.22. The summed E-state index contributed by atoms with van der Waals surface area (Å²) in [5, 5.41) is 3.64. The first-order valence-corrected chi connectivity index (χ1v) is 13.3. The lowest BCUT2D eigenvalue weighted by Crippen LogP contribution is -2.53. The lowest BCUT2D eigenvalue weighted by atomic mass is 10.0. The van der Waals surface area contributed by atoms with Gasteiger partial charge >= 0.3 is 5.97 Å². The van der Waals surface area contributed by atoms with Crippen LogP contribution in [0.25, 0.3) is 10.9 Å². The van der Waals surface area contributed by atoms with E-state index in [0.717, 1.165) is 27.6 Å². The van der Waals surface area contributed by atoms with E-state index < -0.39 is 34.0 Å². The molecular formula is C28H29N3O5S. The van der Waals surface area contributed by atoms with Crippen molar-refractivity contribution in [2.45, 2.75) is 36.7 Å². The van der Waals surface area contributed by atoms with Gasteiger partial charge in [0, 0.05) is 23.5 Å². The molecule has 0 aliphatic heterocycles. The van der Waals surface area contributed by atoms with Gasteiger partial charge in [-0.15, -0.1) is 0 Å². The van der Waals surface area contributed by atoms with E-state index in [1.807, 2.05) is 61.5 Å². The zero-order valence-electron chi connectivity index (χ0n) is 20.6. The molecule has 3 N–H and O–H groups in total. The van der Waals surface area contributed by atoms with E-state index in [2.05, 4.69) is 15.0 Å². The Balaban J connectivity index is 1.60. The molecule has 3 aromatic carbocycles. The normalized spacial score (nSPS) is 13.1. The highest BCUT2D eigenvalue weighted by Crippen LogP contribution is 2.20. The highest BCUT2D eigenvalue weighted by Gasteiger charge is 2.30. The number of aromatic amines is 1. The molecule has 0 saturated heterocycles. The molecule has 2 unspecified atom stereocenters. The van der Waals surface area contributed by atoms with Crippen molar-refractivity contribution < 1.29 is 22.7 Å². The number of carbonyl (C=O) groups is 2. The van der Waals surface area contributed by atoms with Crippen LogP contribution in [0.1, 0.15) is 16.7 Å². The van der Waals surface area contributed by atoms with E-state index >= 15 is 0 Å². The Morgan fingerprint density at radius 3 is 2.27 bits per heavy atom. The number of rotatable bonds is 10. The van der Waals surface area contributed by atoms with Gasteiger partial charge in [0.2, 0.25) is 15.9 Å². The van der Waals surface area contributed by atoms with E-state index in [0.29, 0.717) is 0 Å². The molecule has 0 bridgehead atoms. The number of para-hydroxylation sites is 1. The number of aryl methyl sites for hydroxylation is 1. The van der Waals surface area contributed by atoms with Crippen LogP contribution in [0, 0.1) is 6.92 Å². The number of aromatic nitrogens is 1. The van der Waals surface area contributed by atoms with Gasteiger partial charge in [-0.3, -0.25) is 4.79 Å². The van der Waals surface area contributed by atoms with Crippen molar-refractivity contribution in [1.82, 2.24) is 15.0 Å². The number of hydrogen-bond acceptors (Lipinski definition) is 5. The quantitative estimate of drug-likeness (QED) is 0.278. The second-order valence-corrected chi connectivity index (χ2v) is 10.5. The topological polar surface area (TPSA) is 117 Å². The predicted octanol–water partition coefficient (Wildman–Crippen LogP) is 3.27. The second kappa shape index (κ2) is 11.4. The number of H-pyrrole nitrogens is 1. The summed E-state index contributed by atoms with van der Waals surface area (Å²) in [7, 11) is -2.77. The lowest BCUT2D eigenvalue weighted by molar-refractivity contribution is -0.145. The minimum atomic E-state index is -4.01. The Bertz CT molecular complexity index is 1480. The number of esters is 1. The van der Waals surface area contributed by atoms with Crippen molar-refractivity contribution in [2.75, 3.05) is 7.11 Å². The van der Waals surface area contributed by atoms with Gasteiger partial charge in [-0.1, -0.05) is 66.2 Å². The minimum absolute atomic E-state index is 0.0484. The molecule has 1 aromatic heterocycles. The van der Waals surface area contributed by atoms with Crippen LogP contribution < -0.4 is 10.0 Å². The summed E-state index contributed by atoms with van der Waals surface area (Å²) in [5.41, 5.74) is 3.41. The third kappa shape index (κ3) is 6.44. The van der Waals surface area contributed by atoms with Gasteiger partial charge in [0.05, 0.1) is 12.0 Å². The van der Waals surface area contributed by atoms with Crippen LogP contribution in [0.4, 0.5) is 0 Å². The number of nitrogens with one attached hydrogen (secondary N) is 3. The fourth-order valence-electron chi connectivity index (χ4n) is 4.14. The van der Waals surface area contributed by atoms with Crippen LogP contribution in [0.2, 0.25) is 0 Å². The van der Waals surface area contributed by atoms with Gasteiger partial charge in [0.15, 0.2) is 0 Å². The first kappa shape index (κ1) is 26.1. The summed E-state index contributed by atoms with van der Waals surface area (Å²) in [6.45, 7) is 1.86. The van der Waals surface area contributed by atoms with Crippen molar-refractivity contribution in [3.05, 3.63) is 102 Å². The maximum atomic E-state index is 13.5. The molecule has 8 nitrogen and oxygen atoms in total. The average Bonchev–Trinajstić information content (AvgIpc) is 3.31. The predicted molar refractivity (Wildman–Crippen MR) is 141 cm³/mol. The third-order valence-electron chi connectivity index (χ3n) is 6.13. The fraction of sp³-hybridized carbons (Fsp3) is 0.214. The maximum Gasteiger partial charge on any atom is 0.328 e. The van der Waals surface area contributed by atoms with E-state index in [-0.39, 0.29) is 17.7 Å². The molecule has 1 amide bonds. The van der Waals surface area contributed by atoms with Gasteiger partial charge in [0.1, 0.15) is 12.1 Å². The molecule has 0 fully saturated rings. The molecule has 0 spiro atoms. The molecule has 0 saturated carbocycles. The van der Waals surface area contributed by atoms with Crippen LogP contribution >= 0.6 is 0 Å².